The van der Waals surface area contributed by atoms with Crippen LogP contribution in [-0.2, 0) is 0 Å². The van der Waals surface area contributed by atoms with Crippen molar-refractivity contribution in [3.05, 3.63) is 58.6 Å². The van der Waals surface area contributed by atoms with Gasteiger partial charge in [-0.3, -0.25) is 4.79 Å². The molecule has 5 heteroatoms. The second-order valence-corrected chi connectivity index (χ2v) is 5.07. The van der Waals surface area contributed by atoms with Crippen LogP contribution in [0.15, 0.2) is 42.5 Å². The van der Waals surface area contributed by atoms with Crippen LogP contribution in [0.1, 0.15) is 28.9 Å². The molecule has 0 aliphatic heterocycles. The third-order valence-corrected chi connectivity index (χ3v) is 3.56. The third kappa shape index (κ3) is 3.54. The zero-order valence-electron chi connectivity index (χ0n) is 11.9. The van der Waals surface area contributed by atoms with Crippen LogP contribution in [0.4, 0.5) is 0 Å². The van der Waals surface area contributed by atoms with Crippen molar-refractivity contribution in [3.8, 4) is 11.5 Å². The van der Waals surface area contributed by atoms with Gasteiger partial charge in [0.2, 0.25) is 0 Å². The lowest BCUT2D eigenvalue weighted by Crippen LogP contribution is -2.12. The lowest BCUT2D eigenvalue weighted by atomic mass is 10.1. The minimum Gasteiger partial charge on any atom is -0.455 e. The average molecular weight is 305 g/mol. The van der Waals surface area contributed by atoms with Crippen molar-refractivity contribution in [2.75, 3.05) is 7.05 Å². The number of carbonyl (C=O) groups excluding carboxylic acids is 1. The van der Waals surface area contributed by atoms with Crippen LogP contribution in [0.25, 0.3) is 0 Å². The molecule has 0 radical (unpaired) electrons. The highest BCUT2D eigenvalue weighted by atomic mass is 35.5. The predicted molar refractivity (Wildman–Crippen MR) is 84.0 cm³/mol. The highest BCUT2D eigenvalue weighted by molar-refractivity contribution is 6.32. The quantitative estimate of drug-likeness (QED) is 0.888. The van der Waals surface area contributed by atoms with Gasteiger partial charge in [0.15, 0.2) is 0 Å². The van der Waals surface area contributed by atoms with E-state index in [1.54, 1.807) is 30.3 Å². The summed E-state index contributed by atoms with van der Waals surface area (Å²) in [6, 6.07) is 12.5. The van der Waals surface area contributed by atoms with E-state index in [-0.39, 0.29) is 6.04 Å². The fourth-order valence-corrected chi connectivity index (χ4v) is 2.14. The first-order valence-corrected chi connectivity index (χ1v) is 6.94. The Bertz CT molecular complexity index is 658. The number of primary amides is 1. The van der Waals surface area contributed by atoms with E-state index >= 15 is 0 Å². The van der Waals surface area contributed by atoms with E-state index in [9.17, 15) is 4.79 Å². The highest BCUT2D eigenvalue weighted by Crippen LogP contribution is 2.33. The van der Waals surface area contributed by atoms with Crippen molar-refractivity contribution in [1.29, 1.82) is 0 Å². The Balaban J connectivity index is 2.31. The molecule has 0 aromatic heterocycles. The largest absolute Gasteiger partial charge is 0.455 e. The molecule has 0 aliphatic rings. The number of rotatable bonds is 5. The molecule has 0 heterocycles. The maximum Gasteiger partial charge on any atom is 0.252 e. The Morgan fingerprint density at radius 3 is 2.57 bits per heavy atom. The Morgan fingerprint density at radius 1 is 1.24 bits per heavy atom. The van der Waals surface area contributed by atoms with Gasteiger partial charge in [0.05, 0.1) is 10.6 Å². The van der Waals surface area contributed by atoms with Crippen LogP contribution in [-0.4, -0.2) is 13.0 Å². The molecule has 2 aromatic carbocycles. The maximum absolute atomic E-state index is 11.4. The van der Waals surface area contributed by atoms with E-state index in [1.807, 2.05) is 26.1 Å². The SMILES string of the molecule is CNC(C)c1ccc(Oc2ccccc2C(N)=O)c(Cl)c1. The van der Waals surface area contributed by atoms with E-state index in [4.69, 9.17) is 22.1 Å². The number of halogens is 1. The number of nitrogens with two attached hydrogens (primary N) is 1. The third-order valence-electron chi connectivity index (χ3n) is 3.26. The van der Waals surface area contributed by atoms with Gasteiger partial charge in [-0.15, -0.1) is 0 Å². The Kier molecular flexibility index (Phi) is 4.83. The standard InChI is InChI=1S/C16H17ClN2O2/c1-10(19-2)11-7-8-15(13(17)9-11)21-14-6-4-3-5-12(14)16(18)20/h3-10,19H,1-2H3,(H2,18,20). The molecule has 3 N–H and O–H groups in total. The van der Waals surface area contributed by atoms with Crippen LogP contribution in [0.2, 0.25) is 5.02 Å². The summed E-state index contributed by atoms with van der Waals surface area (Å²) in [7, 11) is 1.88. The van der Waals surface area contributed by atoms with Crippen molar-refractivity contribution in [2.24, 2.45) is 5.73 Å². The summed E-state index contributed by atoms with van der Waals surface area (Å²) >= 11 is 6.24. The summed E-state index contributed by atoms with van der Waals surface area (Å²) in [6.07, 6.45) is 0. The van der Waals surface area contributed by atoms with Gasteiger partial charge in [0.25, 0.3) is 5.91 Å². The van der Waals surface area contributed by atoms with Crippen molar-refractivity contribution in [1.82, 2.24) is 5.32 Å². The number of ether oxygens (including phenoxy) is 1. The number of hydrogen-bond donors (Lipinski definition) is 2. The van der Waals surface area contributed by atoms with Gasteiger partial charge >= 0.3 is 0 Å². The number of hydrogen-bond acceptors (Lipinski definition) is 3. The molecule has 1 atom stereocenters. The monoisotopic (exact) mass is 304 g/mol. The van der Waals surface area contributed by atoms with Gasteiger partial charge in [-0.2, -0.15) is 0 Å². The summed E-state index contributed by atoms with van der Waals surface area (Å²) in [5.74, 6) is 0.334. The molecule has 0 saturated heterocycles. The summed E-state index contributed by atoms with van der Waals surface area (Å²) in [5, 5.41) is 3.62. The van der Waals surface area contributed by atoms with Gasteiger partial charge < -0.3 is 15.8 Å². The van der Waals surface area contributed by atoms with Crippen molar-refractivity contribution < 1.29 is 9.53 Å². The predicted octanol–water partition coefficient (Wildman–Crippen LogP) is 3.51. The van der Waals surface area contributed by atoms with Gasteiger partial charge in [-0.1, -0.05) is 29.8 Å². The van der Waals surface area contributed by atoms with Crippen molar-refractivity contribution >= 4 is 17.5 Å². The highest BCUT2D eigenvalue weighted by Gasteiger charge is 2.12. The topological polar surface area (TPSA) is 64.3 Å². The molecule has 0 fully saturated rings. The lowest BCUT2D eigenvalue weighted by Gasteiger charge is -2.14. The van der Waals surface area contributed by atoms with Crippen LogP contribution in [0.3, 0.4) is 0 Å². The normalized spacial score (nSPS) is 12.0. The molecule has 1 amide bonds. The second kappa shape index (κ2) is 6.61. The Hall–Kier alpha value is -2.04. The van der Waals surface area contributed by atoms with Crippen LogP contribution in [0, 0.1) is 0 Å². The van der Waals surface area contributed by atoms with E-state index in [1.165, 1.54) is 0 Å². The molecule has 0 spiro atoms. The molecule has 1 unspecified atom stereocenters. The number of amides is 1. The fraction of sp³-hybridized carbons (Fsp3) is 0.188. The number of carbonyl (C=O) groups is 1. The first-order chi connectivity index (χ1) is 10.0. The summed E-state index contributed by atoms with van der Waals surface area (Å²) in [5.41, 5.74) is 6.70. The van der Waals surface area contributed by atoms with E-state index in [0.717, 1.165) is 5.56 Å². The molecule has 4 nitrogen and oxygen atoms in total. The van der Waals surface area contributed by atoms with E-state index in [0.29, 0.717) is 22.1 Å². The van der Waals surface area contributed by atoms with Gasteiger partial charge in [0.1, 0.15) is 11.5 Å². The molecular formula is C16H17ClN2O2. The minimum atomic E-state index is -0.540. The molecule has 2 aromatic rings. The minimum absolute atomic E-state index is 0.189. The van der Waals surface area contributed by atoms with E-state index in [2.05, 4.69) is 5.32 Å². The molecule has 0 saturated carbocycles. The summed E-state index contributed by atoms with van der Waals surface area (Å²) < 4.78 is 5.72. The van der Waals surface area contributed by atoms with Crippen LogP contribution < -0.4 is 15.8 Å². The summed E-state index contributed by atoms with van der Waals surface area (Å²) in [4.78, 5) is 11.4. The molecule has 0 bridgehead atoms. The first-order valence-electron chi connectivity index (χ1n) is 6.56. The fourth-order valence-electron chi connectivity index (χ4n) is 1.91. The van der Waals surface area contributed by atoms with Gasteiger partial charge in [0, 0.05) is 6.04 Å². The molecule has 21 heavy (non-hydrogen) atoms. The maximum atomic E-state index is 11.4. The zero-order chi connectivity index (χ0) is 15.4. The lowest BCUT2D eigenvalue weighted by molar-refractivity contribution is 0.0998. The number of benzene rings is 2. The first kappa shape index (κ1) is 15.4. The van der Waals surface area contributed by atoms with Gasteiger partial charge in [-0.05, 0) is 43.8 Å². The second-order valence-electron chi connectivity index (χ2n) is 4.66. The molecular weight excluding hydrogens is 288 g/mol. The zero-order valence-corrected chi connectivity index (χ0v) is 12.6. The number of nitrogens with one attached hydrogen (secondary N) is 1. The Labute approximate surface area is 128 Å². The van der Waals surface area contributed by atoms with Gasteiger partial charge in [-0.25, -0.2) is 0 Å². The van der Waals surface area contributed by atoms with Crippen LogP contribution in [0.5, 0.6) is 11.5 Å². The van der Waals surface area contributed by atoms with E-state index < -0.39 is 5.91 Å². The summed E-state index contributed by atoms with van der Waals surface area (Å²) in [6.45, 7) is 2.04. The smallest absolute Gasteiger partial charge is 0.252 e. The van der Waals surface area contributed by atoms with Crippen LogP contribution >= 0.6 is 11.6 Å². The number of para-hydroxylation sites is 1. The molecule has 2 rings (SSSR count). The average Bonchev–Trinajstić information content (AvgIpc) is 2.48. The molecule has 110 valence electrons. The molecule has 0 aliphatic carbocycles. The Morgan fingerprint density at radius 2 is 1.95 bits per heavy atom. The van der Waals surface area contributed by atoms with Crippen molar-refractivity contribution in [2.45, 2.75) is 13.0 Å². The van der Waals surface area contributed by atoms with Crippen molar-refractivity contribution in [3.63, 3.8) is 0 Å².